The van der Waals surface area contributed by atoms with Gasteiger partial charge in [0.25, 0.3) is 0 Å². The lowest BCUT2D eigenvalue weighted by molar-refractivity contribution is -0.127. The molecule has 1 aromatic rings. The molecule has 0 aromatic heterocycles. The summed E-state index contributed by atoms with van der Waals surface area (Å²) in [5.74, 6) is 0.152. The second-order valence-electron chi connectivity index (χ2n) is 3.48. The van der Waals surface area contributed by atoms with Crippen molar-refractivity contribution in [2.45, 2.75) is 0 Å². The van der Waals surface area contributed by atoms with E-state index in [0.717, 1.165) is 5.69 Å². The van der Waals surface area contributed by atoms with Gasteiger partial charge in [-0.3, -0.25) is 4.79 Å². The van der Waals surface area contributed by atoms with Crippen molar-refractivity contribution in [3.05, 3.63) is 30.3 Å². The second kappa shape index (κ2) is 7.88. The largest absolute Gasteiger partial charge is 0.370 e. The molecule has 1 amide bonds. The minimum absolute atomic E-state index is 0. The summed E-state index contributed by atoms with van der Waals surface area (Å²) in [5.41, 5.74) is 6.47. The van der Waals surface area contributed by atoms with Gasteiger partial charge in [0.15, 0.2) is 5.96 Å². The zero-order valence-electron chi connectivity index (χ0n) is 9.88. The molecule has 0 bridgehead atoms. The molecular weight excluding hydrogens is 331 g/mol. The molecule has 5 nitrogen and oxygen atoms in total. The van der Waals surface area contributed by atoms with Crippen LogP contribution in [0.15, 0.2) is 35.3 Å². The van der Waals surface area contributed by atoms with Crippen LogP contribution in [0.4, 0.5) is 5.69 Å². The quantitative estimate of drug-likeness (QED) is 0.489. The van der Waals surface area contributed by atoms with E-state index in [4.69, 9.17) is 5.73 Å². The van der Waals surface area contributed by atoms with Crippen molar-refractivity contribution in [2.24, 2.45) is 10.7 Å². The topological polar surface area (TPSA) is 70.7 Å². The van der Waals surface area contributed by atoms with E-state index in [-0.39, 0.29) is 42.4 Å². The molecule has 0 aliphatic rings. The number of aliphatic imine (C=N–C) groups is 1. The molecule has 6 heteroatoms. The number of hydrogen-bond acceptors (Lipinski definition) is 2. The summed E-state index contributed by atoms with van der Waals surface area (Å²) in [6, 6.07) is 9.43. The van der Waals surface area contributed by atoms with Crippen LogP contribution in [-0.4, -0.2) is 37.4 Å². The number of nitrogens with two attached hydrogens (primary N) is 1. The van der Waals surface area contributed by atoms with Crippen molar-refractivity contribution < 1.29 is 4.79 Å². The SMILES string of the molecule is CN(C)C(=O)CN=C(N)Nc1ccccc1.I. The van der Waals surface area contributed by atoms with Gasteiger partial charge in [-0.2, -0.15) is 0 Å². The van der Waals surface area contributed by atoms with Gasteiger partial charge in [-0.25, -0.2) is 4.99 Å². The van der Waals surface area contributed by atoms with Crippen LogP contribution in [0, 0.1) is 0 Å². The fourth-order valence-electron chi connectivity index (χ4n) is 1.00. The Morgan fingerprint density at radius 1 is 1.35 bits per heavy atom. The number of rotatable bonds is 3. The molecule has 0 radical (unpaired) electrons. The minimum atomic E-state index is -0.0854. The summed E-state index contributed by atoms with van der Waals surface area (Å²) in [6.07, 6.45) is 0. The first-order valence-corrected chi connectivity index (χ1v) is 4.91. The average Bonchev–Trinajstić information content (AvgIpc) is 2.27. The Balaban J connectivity index is 0.00000256. The first-order valence-electron chi connectivity index (χ1n) is 4.91. The zero-order valence-corrected chi connectivity index (χ0v) is 12.2. The van der Waals surface area contributed by atoms with Gasteiger partial charge in [-0.15, -0.1) is 24.0 Å². The van der Waals surface area contributed by atoms with Crippen LogP contribution in [0.3, 0.4) is 0 Å². The highest BCUT2D eigenvalue weighted by atomic mass is 127. The standard InChI is InChI=1S/C11H16N4O.HI/c1-15(2)10(16)8-13-11(12)14-9-6-4-3-5-7-9;/h3-7H,8H2,1-2H3,(H3,12,13,14);1H. The van der Waals surface area contributed by atoms with Crippen molar-refractivity contribution in [1.29, 1.82) is 0 Å². The van der Waals surface area contributed by atoms with Gasteiger partial charge in [-0.1, -0.05) is 18.2 Å². The molecule has 0 heterocycles. The molecule has 0 fully saturated rings. The van der Waals surface area contributed by atoms with Gasteiger partial charge in [-0.05, 0) is 12.1 Å². The lowest BCUT2D eigenvalue weighted by Crippen LogP contribution is -2.28. The molecule has 0 atom stereocenters. The number of carbonyl (C=O) groups excluding carboxylic acids is 1. The molecule has 0 unspecified atom stereocenters. The second-order valence-corrected chi connectivity index (χ2v) is 3.48. The van der Waals surface area contributed by atoms with Crippen molar-refractivity contribution in [3.63, 3.8) is 0 Å². The van der Waals surface area contributed by atoms with E-state index in [9.17, 15) is 4.79 Å². The number of hydrogen-bond donors (Lipinski definition) is 2. The van der Waals surface area contributed by atoms with Crippen LogP contribution < -0.4 is 11.1 Å². The molecule has 94 valence electrons. The molecule has 0 aliphatic heterocycles. The fourth-order valence-corrected chi connectivity index (χ4v) is 1.00. The van der Waals surface area contributed by atoms with Crippen LogP contribution >= 0.6 is 24.0 Å². The molecule has 17 heavy (non-hydrogen) atoms. The van der Waals surface area contributed by atoms with Crippen molar-refractivity contribution in [1.82, 2.24) is 4.90 Å². The first kappa shape index (κ1) is 15.7. The van der Waals surface area contributed by atoms with Crippen LogP contribution in [0.1, 0.15) is 0 Å². The van der Waals surface area contributed by atoms with Gasteiger partial charge in [0.1, 0.15) is 6.54 Å². The number of carbonyl (C=O) groups is 1. The maximum Gasteiger partial charge on any atom is 0.243 e. The predicted octanol–water partition coefficient (Wildman–Crippen LogP) is 1.12. The number of benzene rings is 1. The number of nitrogens with one attached hydrogen (secondary N) is 1. The molecule has 0 saturated carbocycles. The molecule has 0 aliphatic carbocycles. The third-order valence-corrected chi connectivity index (χ3v) is 1.93. The molecular formula is C11H17IN4O. The fraction of sp³-hybridized carbons (Fsp3) is 0.273. The summed E-state index contributed by atoms with van der Waals surface area (Å²) in [4.78, 5) is 16.6. The van der Waals surface area contributed by atoms with Gasteiger partial charge in [0, 0.05) is 19.8 Å². The van der Waals surface area contributed by atoms with Gasteiger partial charge < -0.3 is 16.0 Å². The van der Waals surface area contributed by atoms with Crippen LogP contribution in [-0.2, 0) is 4.79 Å². The number of para-hydroxylation sites is 1. The number of nitrogens with zero attached hydrogens (tertiary/aromatic N) is 2. The molecule has 0 spiro atoms. The summed E-state index contributed by atoms with van der Waals surface area (Å²) in [6.45, 7) is 0.0542. The number of guanidine groups is 1. The smallest absolute Gasteiger partial charge is 0.243 e. The number of anilines is 1. The lowest BCUT2D eigenvalue weighted by atomic mass is 10.3. The minimum Gasteiger partial charge on any atom is -0.370 e. The Bertz CT molecular complexity index is 378. The molecule has 1 aromatic carbocycles. The van der Waals surface area contributed by atoms with E-state index >= 15 is 0 Å². The summed E-state index contributed by atoms with van der Waals surface area (Å²) in [5, 5.41) is 2.89. The van der Waals surface area contributed by atoms with E-state index in [1.54, 1.807) is 14.1 Å². The number of halogens is 1. The third kappa shape index (κ3) is 6.10. The maximum absolute atomic E-state index is 11.2. The number of likely N-dealkylation sites (N-methyl/N-ethyl adjacent to an activating group) is 1. The first-order chi connectivity index (χ1) is 7.59. The highest BCUT2D eigenvalue weighted by Gasteiger charge is 2.02. The van der Waals surface area contributed by atoms with Gasteiger partial charge >= 0.3 is 0 Å². The third-order valence-electron chi connectivity index (χ3n) is 1.93. The Hall–Kier alpha value is -1.31. The van der Waals surface area contributed by atoms with Gasteiger partial charge in [0.05, 0.1) is 0 Å². The Morgan fingerprint density at radius 3 is 2.47 bits per heavy atom. The normalized spacial score (nSPS) is 10.4. The van der Waals surface area contributed by atoms with Crippen LogP contribution in [0.2, 0.25) is 0 Å². The van der Waals surface area contributed by atoms with E-state index in [1.807, 2.05) is 30.3 Å². The van der Waals surface area contributed by atoms with Crippen molar-refractivity contribution in [3.8, 4) is 0 Å². The molecule has 1 rings (SSSR count). The van der Waals surface area contributed by atoms with E-state index in [1.165, 1.54) is 4.90 Å². The average molecular weight is 348 g/mol. The van der Waals surface area contributed by atoms with E-state index in [0.29, 0.717) is 0 Å². The summed E-state index contributed by atoms with van der Waals surface area (Å²) in [7, 11) is 3.36. The maximum atomic E-state index is 11.2. The van der Waals surface area contributed by atoms with Crippen LogP contribution in [0.25, 0.3) is 0 Å². The predicted molar refractivity (Wildman–Crippen MR) is 80.7 cm³/mol. The zero-order chi connectivity index (χ0) is 12.0. The molecule has 0 saturated heterocycles. The summed E-state index contributed by atoms with van der Waals surface area (Å²) < 4.78 is 0. The summed E-state index contributed by atoms with van der Waals surface area (Å²) >= 11 is 0. The molecule has 3 N–H and O–H groups in total. The Labute approximate surface area is 118 Å². The van der Waals surface area contributed by atoms with Crippen LogP contribution in [0.5, 0.6) is 0 Å². The Morgan fingerprint density at radius 2 is 1.94 bits per heavy atom. The van der Waals surface area contributed by atoms with E-state index < -0.39 is 0 Å². The van der Waals surface area contributed by atoms with Gasteiger partial charge in [0.2, 0.25) is 5.91 Å². The Kier molecular flexibility index (Phi) is 7.27. The highest BCUT2D eigenvalue weighted by molar-refractivity contribution is 14.0. The highest BCUT2D eigenvalue weighted by Crippen LogP contribution is 2.03. The van der Waals surface area contributed by atoms with Crippen molar-refractivity contribution >= 4 is 41.5 Å². The number of amides is 1. The van der Waals surface area contributed by atoms with Crippen molar-refractivity contribution in [2.75, 3.05) is 26.0 Å². The monoisotopic (exact) mass is 348 g/mol. The van der Waals surface area contributed by atoms with E-state index in [2.05, 4.69) is 10.3 Å². The lowest BCUT2D eigenvalue weighted by Gasteiger charge is -2.08.